The van der Waals surface area contributed by atoms with E-state index in [2.05, 4.69) is 20.4 Å². The number of rotatable bonds is 1. The highest BCUT2D eigenvalue weighted by Crippen LogP contribution is 2.06. The fraction of sp³-hybridized carbons (Fsp3) is 0.167. The molecule has 0 aliphatic rings. The van der Waals surface area contributed by atoms with Crippen LogP contribution in [0.3, 0.4) is 0 Å². The minimum Gasteiger partial charge on any atom is -0.368 e. The first kappa shape index (κ1) is 6.84. The van der Waals surface area contributed by atoms with E-state index in [-0.39, 0.29) is 0 Å². The molecule has 2 heterocycles. The van der Waals surface area contributed by atoms with Crippen LogP contribution in [0, 0.1) is 0 Å². The predicted molar refractivity (Wildman–Crippen MR) is 44.7 cm³/mol. The van der Waals surface area contributed by atoms with Gasteiger partial charge in [0.1, 0.15) is 0 Å². The zero-order chi connectivity index (χ0) is 8.55. The van der Waals surface area contributed by atoms with E-state index in [4.69, 9.17) is 5.73 Å². The number of nitrogens with zero attached hydrogens (tertiary/aromatic N) is 4. The van der Waals surface area contributed by atoms with E-state index in [9.17, 15) is 0 Å². The molecule has 0 aliphatic heterocycles. The van der Waals surface area contributed by atoms with Crippen LogP contribution in [0.1, 0.15) is 0 Å². The lowest BCUT2D eigenvalue weighted by Crippen LogP contribution is -2.06. The predicted octanol–water partition coefficient (Wildman–Crippen LogP) is -0.252. The van der Waals surface area contributed by atoms with Crippen molar-refractivity contribution in [1.82, 2.24) is 19.6 Å². The third-order valence-electron chi connectivity index (χ3n) is 1.50. The first-order chi connectivity index (χ1) is 5.81. The van der Waals surface area contributed by atoms with Gasteiger partial charge in [-0.3, -0.25) is 0 Å². The number of hydrogen-bond donors (Lipinski definition) is 2. The summed E-state index contributed by atoms with van der Waals surface area (Å²) in [7, 11) is 1.74. The van der Waals surface area contributed by atoms with Crippen LogP contribution in [0.4, 0.5) is 11.9 Å². The van der Waals surface area contributed by atoms with Gasteiger partial charge in [-0.1, -0.05) is 0 Å². The smallest absolute Gasteiger partial charge is 0.227 e. The summed E-state index contributed by atoms with van der Waals surface area (Å²) in [6.07, 6.45) is 1.62. The maximum absolute atomic E-state index is 5.59. The second kappa shape index (κ2) is 2.33. The Balaban J connectivity index is 2.75. The van der Waals surface area contributed by atoms with Gasteiger partial charge in [0.25, 0.3) is 0 Å². The second-order valence-electron chi connectivity index (χ2n) is 2.26. The zero-order valence-electron chi connectivity index (χ0n) is 6.52. The summed E-state index contributed by atoms with van der Waals surface area (Å²) >= 11 is 0. The van der Waals surface area contributed by atoms with Gasteiger partial charge in [0.15, 0.2) is 5.65 Å². The highest BCUT2D eigenvalue weighted by atomic mass is 15.3. The van der Waals surface area contributed by atoms with E-state index in [1.807, 2.05) is 0 Å². The molecule has 0 saturated heterocycles. The molecule has 0 radical (unpaired) electrons. The molecule has 0 fully saturated rings. The van der Waals surface area contributed by atoms with Crippen LogP contribution in [-0.2, 0) is 0 Å². The monoisotopic (exact) mass is 164 g/mol. The summed E-state index contributed by atoms with van der Waals surface area (Å²) in [6, 6.07) is 1.76. The van der Waals surface area contributed by atoms with E-state index >= 15 is 0 Å². The maximum Gasteiger partial charge on any atom is 0.227 e. The van der Waals surface area contributed by atoms with Gasteiger partial charge < -0.3 is 11.1 Å². The number of aromatic nitrogens is 4. The first-order valence-electron chi connectivity index (χ1n) is 3.46. The third-order valence-corrected chi connectivity index (χ3v) is 1.50. The van der Waals surface area contributed by atoms with Gasteiger partial charge in [0, 0.05) is 13.1 Å². The van der Waals surface area contributed by atoms with Crippen molar-refractivity contribution in [2.24, 2.45) is 0 Å². The molecule has 0 spiro atoms. The van der Waals surface area contributed by atoms with Gasteiger partial charge in [0.2, 0.25) is 11.9 Å². The summed E-state index contributed by atoms with van der Waals surface area (Å²) in [5, 5.41) is 6.74. The van der Waals surface area contributed by atoms with Crippen molar-refractivity contribution in [1.29, 1.82) is 0 Å². The average Bonchev–Trinajstić information content (AvgIpc) is 2.52. The molecule has 2 aromatic rings. The summed E-state index contributed by atoms with van der Waals surface area (Å²) < 4.78 is 1.47. The minimum absolute atomic E-state index is 0.328. The average molecular weight is 164 g/mol. The largest absolute Gasteiger partial charge is 0.368 e. The van der Waals surface area contributed by atoms with Crippen molar-refractivity contribution in [3.05, 3.63) is 12.3 Å². The molecule has 2 rings (SSSR count). The summed E-state index contributed by atoms with van der Waals surface area (Å²) in [5.41, 5.74) is 6.27. The Kier molecular flexibility index (Phi) is 1.33. The molecule has 0 saturated carbocycles. The molecule has 0 atom stereocenters. The Morgan fingerprint density at radius 3 is 3.08 bits per heavy atom. The number of hydrogen-bond acceptors (Lipinski definition) is 5. The normalized spacial score (nSPS) is 10.4. The van der Waals surface area contributed by atoms with Crippen molar-refractivity contribution >= 4 is 17.5 Å². The molecule has 6 nitrogen and oxygen atoms in total. The number of nitrogens with two attached hydrogens (primary N) is 1. The van der Waals surface area contributed by atoms with Crippen LogP contribution >= 0.6 is 0 Å². The molecular formula is C6H8N6. The van der Waals surface area contributed by atoms with Crippen LogP contribution < -0.4 is 11.1 Å². The lowest BCUT2D eigenvalue weighted by Gasteiger charge is -2.00. The molecule has 3 N–H and O–H groups in total. The van der Waals surface area contributed by atoms with Crippen LogP contribution in [0.5, 0.6) is 0 Å². The van der Waals surface area contributed by atoms with Crippen molar-refractivity contribution < 1.29 is 0 Å². The van der Waals surface area contributed by atoms with Gasteiger partial charge in [0.05, 0.1) is 6.20 Å². The van der Waals surface area contributed by atoms with Gasteiger partial charge in [-0.25, -0.2) is 0 Å². The first-order valence-corrected chi connectivity index (χ1v) is 3.46. The van der Waals surface area contributed by atoms with Crippen LogP contribution in [0.25, 0.3) is 5.65 Å². The Bertz CT molecular complexity index is 405. The fourth-order valence-corrected chi connectivity index (χ4v) is 0.959. The highest BCUT2D eigenvalue weighted by molar-refractivity contribution is 5.46. The molecule has 0 aliphatic carbocycles. The Labute approximate surface area is 68.4 Å². The van der Waals surface area contributed by atoms with Crippen LogP contribution in [-0.4, -0.2) is 26.6 Å². The van der Waals surface area contributed by atoms with E-state index in [0.717, 1.165) is 0 Å². The van der Waals surface area contributed by atoms with E-state index in [1.165, 1.54) is 4.52 Å². The quantitative estimate of drug-likeness (QED) is 0.607. The maximum atomic E-state index is 5.59. The Morgan fingerprint density at radius 2 is 2.33 bits per heavy atom. The van der Waals surface area contributed by atoms with E-state index in [1.54, 1.807) is 19.3 Å². The SMILES string of the molecule is CNc1nc(N)n2nccc2n1. The van der Waals surface area contributed by atoms with Gasteiger partial charge >= 0.3 is 0 Å². The molecule has 0 aromatic carbocycles. The Morgan fingerprint density at radius 1 is 1.50 bits per heavy atom. The van der Waals surface area contributed by atoms with Crippen molar-refractivity contribution in [3.63, 3.8) is 0 Å². The zero-order valence-corrected chi connectivity index (χ0v) is 6.52. The molecule has 2 aromatic heterocycles. The van der Waals surface area contributed by atoms with Crippen molar-refractivity contribution in [2.45, 2.75) is 0 Å². The number of nitrogen functional groups attached to an aromatic ring is 1. The van der Waals surface area contributed by atoms with Gasteiger partial charge in [-0.05, 0) is 0 Å². The summed E-state index contributed by atoms with van der Waals surface area (Å²) in [6.45, 7) is 0. The number of fused-ring (bicyclic) bond motifs is 1. The minimum atomic E-state index is 0.328. The lowest BCUT2D eigenvalue weighted by atomic mass is 10.7. The van der Waals surface area contributed by atoms with Crippen molar-refractivity contribution in [3.8, 4) is 0 Å². The van der Waals surface area contributed by atoms with Gasteiger partial charge in [-0.2, -0.15) is 19.6 Å². The van der Waals surface area contributed by atoms with Gasteiger partial charge in [-0.15, -0.1) is 0 Å². The summed E-state index contributed by atoms with van der Waals surface area (Å²) in [5.74, 6) is 0.829. The third kappa shape index (κ3) is 0.849. The standard InChI is InChI=1S/C6H8N6/c1-8-6-10-4-2-3-9-12(4)5(7)11-6/h2-3H,1H3,(H3,7,8,10,11). The molecular weight excluding hydrogens is 156 g/mol. The molecule has 12 heavy (non-hydrogen) atoms. The molecule has 62 valence electrons. The molecule has 0 unspecified atom stereocenters. The lowest BCUT2D eigenvalue weighted by molar-refractivity contribution is 0.911. The highest BCUT2D eigenvalue weighted by Gasteiger charge is 2.02. The topological polar surface area (TPSA) is 81.1 Å². The van der Waals surface area contributed by atoms with E-state index < -0.39 is 0 Å². The number of nitrogens with one attached hydrogen (secondary N) is 1. The van der Waals surface area contributed by atoms with Crippen LogP contribution in [0.2, 0.25) is 0 Å². The van der Waals surface area contributed by atoms with Crippen molar-refractivity contribution in [2.75, 3.05) is 18.1 Å². The molecule has 0 bridgehead atoms. The molecule has 0 amide bonds. The molecule has 6 heteroatoms. The second-order valence-corrected chi connectivity index (χ2v) is 2.26. The van der Waals surface area contributed by atoms with E-state index in [0.29, 0.717) is 17.5 Å². The number of anilines is 2. The van der Waals surface area contributed by atoms with Crippen LogP contribution in [0.15, 0.2) is 12.3 Å². The fourth-order valence-electron chi connectivity index (χ4n) is 0.959. The summed E-state index contributed by atoms with van der Waals surface area (Å²) in [4.78, 5) is 8.06. The Hall–Kier alpha value is -1.85.